The van der Waals surface area contributed by atoms with Gasteiger partial charge in [-0.3, -0.25) is 9.69 Å². The van der Waals surface area contributed by atoms with Crippen LogP contribution in [0.1, 0.15) is 36.0 Å². The zero-order chi connectivity index (χ0) is 13.8. The number of methoxy groups -OCH3 is 1. The Hall–Kier alpha value is -1.42. The van der Waals surface area contributed by atoms with E-state index in [-0.39, 0.29) is 11.5 Å². The number of likely N-dealkylation sites (N-methyl/N-ethyl adjacent to an activating group) is 1. The van der Waals surface area contributed by atoms with Crippen LogP contribution in [0.3, 0.4) is 0 Å². The molecule has 1 saturated carbocycles. The van der Waals surface area contributed by atoms with E-state index < -0.39 is 5.82 Å². The average molecular weight is 265 g/mol. The molecule has 104 valence electrons. The van der Waals surface area contributed by atoms with Crippen LogP contribution < -0.4 is 4.74 Å². The fourth-order valence-corrected chi connectivity index (χ4v) is 2.63. The second-order valence-electron chi connectivity index (χ2n) is 5.13. The largest absolute Gasteiger partial charge is 0.494 e. The van der Waals surface area contributed by atoms with Crippen LogP contribution in [-0.2, 0) is 0 Å². The number of hydrogen-bond acceptors (Lipinski definition) is 3. The third-order valence-corrected chi connectivity index (χ3v) is 3.81. The fraction of sp³-hybridized carbons (Fsp3) is 0.533. The molecule has 1 aliphatic carbocycles. The minimum absolute atomic E-state index is 0.0454. The molecule has 0 amide bonds. The number of halogens is 1. The summed E-state index contributed by atoms with van der Waals surface area (Å²) in [5, 5.41) is 0. The molecule has 1 fully saturated rings. The van der Waals surface area contributed by atoms with Crippen molar-refractivity contribution in [3.63, 3.8) is 0 Å². The van der Waals surface area contributed by atoms with E-state index in [1.165, 1.54) is 32.1 Å². The number of Topliss-reactive ketones (excluding diaryl/α,β-unsaturated/α-hetero) is 1. The Morgan fingerprint density at radius 3 is 2.68 bits per heavy atom. The lowest BCUT2D eigenvalue weighted by Crippen LogP contribution is -2.34. The maximum absolute atomic E-state index is 13.6. The van der Waals surface area contributed by atoms with Crippen LogP contribution in [0, 0.1) is 5.82 Å². The number of nitrogens with zero attached hydrogens (tertiary/aromatic N) is 1. The second-order valence-corrected chi connectivity index (χ2v) is 5.13. The predicted molar refractivity (Wildman–Crippen MR) is 72.2 cm³/mol. The van der Waals surface area contributed by atoms with E-state index in [2.05, 4.69) is 4.90 Å². The van der Waals surface area contributed by atoms with Gasteiger partial charge in [-0.25, -0.2) is 4.39 Å². The first-order valence-electron chi connectivity index (χ1n) is 6.69. The van der Waals surface area contributed by atoms with Crippen molar-refractivity contribution in [3.05, 3.63) is 29.6 Å². The van der Waals surface area contributed by atoms with Gasteiger partial charge < -0.3 is 4.74 Å². The lowest BCUT2D eigenvalue weighted by Gasteiger charge is -2.23. The van der Waals surface area contributed by atoms with Crippen molar-refractivity contribution in [2.24, 2.45) is 0 Å². The first kappa shape index (κ1) is 14.0. The average Bonchev–Trinajstić information content (AvgIpc) is 2.92. The Labute approximate surface area is 113 Å². The number of carbonyl (C=O) groups is 1. The summed E-state index contributed by atoms with van der Waals surface area (Å²) >= 11 is 0. The van der Waals surface area contributed by atoms with E-state index in [1.807, 2.05) is 7.05 Å². The zero-order valence-corrected chi connectivity index (χ0v) is 11.5. The number of benzene rings is 1. The number of ether oxygens (including phenoxy) is 1. The summed E-state index contributed by atoms with van der Waals surface area (Å²) in [7, 11) is 3.38. The maximum atomic E-state index is 13.6. The monoisotopic (exact) mass is 265 g/mol. The molecule has 0 N–H and O–H groups in total. The molecule has 0 heterocycles. The molecule has 1 aromatic rings. The van der Waals surface area contributed by atoms with Crippen LogP contribution in [0.25, 0.3) is 0 Å². The third-order valence-electron chi connectivity index (χ3n) is 3.81. The molecule has 0 aromatic heterocycles. The standard InChI is InChI=1S/C15H20FNO2/c1-17(12-5-3-4-6-12)10-14(18)11-7-8-15(19-2)13(16)9-11/h7-9,12H,3-6,10H2,1-2H3. The molecule has 4 heteroatoms. The normalized spacial score (nSPS) is 16.0. The Bertz CT molecular complexity index is 455. The van der Waals surface area contributed by atoms with Gasteiger partial charge >= 0.3 is 0 Å². The first-order chi connectivity index (χ1) is 9.11. The van der Waals surface area contributed by atoms with Crippen LogP contribution in [-0.4, -0.2) is 37.4 Å². The minimum atomic E-state index is -0.489. The first-order valence-corrected chi connectivity index (χ1v) is 6.69. The smallest absolute Gasteiger partial charge is 0.176 e. The van der Waals surface area contributed by atoms with E-state index in [1.54, 1.807) is 6.07 Å². The quantitative estimate of drug-likeness (QED) is 0.767. The molecular weight excluding hydrogens is 245 g/mol. The van der Waals surface area contributed by atoms with E-state index in [0.717, 1.165) is 12.8 Å². The van der Waals surface area contributed by atoms with Gasteiger partial charge in [0.2, 0.25) is 0 Å². The predicted octanol–water partition coefficient (Wildman–Crippen LogP) is 2.89. The van der Waals surface area contributed by atoms with Crippen LogP contribution in [0.15, 0.2) is 18.2 Å². The van der Waals surface area contributed by atoms with E-state index in [4.69, 9.17) is 4.74 Å². The summed E-state index contributed by atoms with van der Waals surface area (Å²) in [6, 6.07) is 4.86. The number of carbonyl (C=O) groups excluding carboxylic acids is 1. The third kappa shape index (κ3) is 3.32. The summed E-state index contributed by atoms with van der Waals surface area (Å²) in [5.41, 5.74) is 0.406. The van der Waals surface area contributed by atoms with Crippen molar-refractivity contribution in [2.75, 3.05) is 20.7 Å². The molecule has 2 rings (SSSR count). The second kappa shape index (κ2) is 6.15. The fourth-order valence-electron chi connectivity index (χ4n) is 2.63. The number of hydrogen-bond donors (Lipinski definition) is 0. The Morgan fingerprint density at radius 2 is 2.11 bits per heavy atom. The van der Waals surface area contributed by atoms with Gasteiger partial charge in [-0.15, -0.1) is 0 Å². The molecule has 19 heavy (non-hydrogen) atoms. The van der Waals surface area contributed by atoms with Gasteiger partial charge in [0.15, 0.2) is 17.3 Å². The van der Waals surface area contributed by atoms with Gasteiger partial charge in [-0.1, -0.05) is 12.8 Å². The van der Waals surface area contributed by atoms with Crippen molar-refractivity contribution in [3.8, 4) is 5.75 Å². The molecule has 0 spiro atoms. The van der Waals surface area contributed by atoms with Crippen LogP contribution in [0.4, 0.5) is 4.39 Å². The van der Waals surface area contributed by atoms with Crippen molar-refractivity contribution in [1.82, 2.24) is 4.90 Å². The lowest BCUT2D eigenvalue weighted by molar-refractivity contribution is 0.0920. The molecule has 0 radical (unpaired) electrons. The van der Waals surface area contributed by atoms with Crippen molar-refractivity contribution >= 4 is 5.78 Å². The lowest BCUT2D eigenvalue weighted by atomic mass is 10.1. The van der Waals surface area contributed by atoms with Gasteiger partial charge in [-0.2, -0.15) is 0 Å². The van der Waals surface area contributed by atoms with E-state index in [0.29, 0.717) is 18.2 Å². The van der Waals surface area contributed by atoms with Crippen molar-refractivity contribution in [1.29, 1.82) is 0 Å². The Kier molecular flexibility index (Phi) is 4.53. The molecule has 0 unspecified atom stereocenters. The summed E-state index contributed by atoms with van der Waals surface area (Å²) in [5.74, 6) is -0.367. The highest BCUT2D eigenvalue weighted by Crippen LogP contribution is 2.23. The number of rotatable bonds is 5. The zero-order valence-electron chi connectivity index (χ0n) is 11.5. The summed E-state index contributed by atoms with van der Waals surface area (Å²) in [6.07, 6.45) is 4.78. The van der Waals surface area contributed by atoms with E-state index >= 15 is 0 Å². The highest BCUT2D eigenvalue weighted by Gasteiger charge is 2.22. The molecule has 0 bridgehead atoms. The molecule has 0 aliphatic heterocycles. The van der Waals surface area contributed by atoms with Gasteiger partial charge in [0, 0.05) is 11.6 Å². The summed E-state index contributed by atoms with van der Waals surface area (Å²) in [4.78, 5) is 14.2. The van der Waals surface area contributed by atoms with Gasteiger partial charge in [0.1, 0.15) is 0 Å². The van der Waals surface area contributed by atoms with Gasteiger partial charge in [0.05, 0.1) is 13.7 Å². The van der Waals surface area contributed by atoms with E-state index in [9.17, 15) is 9.18 Å². The molecular formula is C15H20FNO2. The molecule has 1 aromatic carbocycles. The van der Waals surface area contributed by atoms with Crippen molar-refractivity contribution < 1.29 is 13.9 Å². The number of ketones is 1. The maximum Gasteiger partial charge on any atom is 0.176 e. The Balaban J connectivity index is 2.01. The Morgan fingerprint density at radius 1 is 1.42 bits per heavy atom. The summed E-state index contributed by atoms with van der Waals surface area (Å²) < 4.78 is 18.4. The van der Waals surface area contributed by atoms with Crippen LogP contribution in [0.5, 0.6) is 5.75 Å². The SMILES string of the molecule is COc1ccc(C(=O)CN(C)C2CCCC2)cc1F. The van der Waals surface area contributed by atoms with Gasteiger partial charge in [-0.05, 0) is 38.1 Å². The summed E-state index contributed by atoms with van der Waals surface area (Å²) in [6.45, 7) is 0.344. The highest BCUT2D eigenvalue weighted by molar-refractivity contribution is 5.97. The van der Waals surface area contributed by atoms with Crippen LogP contribution >= 0.6 is 0 Å². The highest BCUT2D eigenvalue weighted by atomic mass is 19.1. The molecule has 1 aliphatic rings. The topological polar surface area (TPSA) is 29.5 Å². The molecule has 3 nitrogen and oxygen atoms in total. The van der Waals surface area contributed by atoms with Crippen LogP contribution in [0.2, 0.25) is 0 Å². The van der Waals surface area contributed by atoms with Gasteiger partial charge in [0.25, 0.3) is 0 Å². The molecule has 0 saturated heterocycles. The molecule has 0 atom stereocenters. The van der Waals surface area contributed by atoms with Crippen molar-refractivity contribution in [2.45, 2.75) is 31.7 Å². The minimum Gasteiger partial charge on any atom is -0.494 e.